The maximum atomic E-state index is 5.77. The summed E-state index contributed by atoms with van der Waals surface area (Å²) in [6.45, 7) is 5.18. The van der Waals surface area contributed by atoms with Crippen LogP contribution in [0.4, 0.5) is 0 Å². The van der Waals surface area contributed by atoms with Crippen LogP contribution in [-0.4, -0.2) is 52.5 Å². The molecule has 0 bridgehead atoms. The van der Waals surface area contributed by atoms with Gasteiger partial charge in [0.2, 0.25) is 0 Å². The lowest BCUT2D eigenvalue weighted by molar-refractivity contribution is 0.0888. The number of rotatable bonds is 9. The van der Waals surface area contributed by atoms with E-state index in [1.807, 2.05) is 7.05 Å². The van der Waals surface area contributed by atoms with E-state index in [4.69, 9.17) is 9.47 Å². The summed E-state index contributed by atoms with van der Waals surface area (Å²) in [4.78, 5) is 4.39. The average molecular weight is 501 g/mol. The van der Waals surface area contributed by atoms with Gasteiger partial charge in [0.15, 0.2) is 5.96 Å². The number of nitrogens with zero attached hydrogens (tertiary/aromatic N) is 1. The molecule has 2 aliphatic rings. The van der Waals surface area contributed by atoms with Crippen molar-refractivity contribution >= 4 is 29.9 Å². The topological polar surface area (TPSA) is 54.9 Å². The van der Waals surface area contributed by atoms with Crippen molar-refractivity contribution in [2.45, 2.75) is 43.9 Å². The first-order valence-electron chi connectivity index (χ1n) is 10.5. The maximum absolute atomic E-state index is 5.77. The number of hydrogen-bond acceptors (Lipinski definition) is 3. The van der Waals surface area contributed by atoms with Gasteiger partial charge in [-0.2, -0.15) is 0 Å². The highest BCUT2D eigenvalue weighted by atomic mass is 127. The van der Waals surface area contributed by atoms with Crippen molar-refractivity contribution in [2.24, 2.45) is 10.9 Å². The summed E-state index contributed by atoms with van der Waals surface area (Å²) in [7, 11) is 1.84. The number of halogens is 1. The molecule has 28 heavy (non-hydrogen) atoms. The van der Waals surface area contributed by atoms with Crippen molar-refractivity contribution < 1.29 is 9.47 Å². The van der Waals surface area contributed by atoms with Crippen LogP contribution in [-0.2, 0) is 14.9 Å². The Morgan fingerprint density at radius 3 is 2.68 bits per heavy atom. The van der Waals surface area contributed by atoms with Crippen molar-refractivity contribution in [3.05, 3.63) is 35.9 Å². The lowest BCUT2D eigenvalue weighted by Gasteiger charge is -2.30. The third-order valence-electron chi connectivity index (χ3n) is 5.90. The number of hydrogen-bond donors (Lipinski definition) is 2. The Morgan fingerprint density at radius 2 is 2.00 bits per heavy atom. The maximum Gasteiger partial charge on any atom is 0.191 e. The number of guanidine groups is 1. The van der Waals surface area contributed by atoms with Crippen LogP contribution < -0.4 is 10.6 Å². The van der Waals surface area contributed by atoms with E-state index < -0.39 is 0 Å². The zero-order valence-electron chi connectivity index (χ0n) is 17.1. The summed E-state index contributed by atoms with van der Waals surface area (Å²) in [5, 5.41) is 6.99. The summed E-state index contributed by atoms with van der Waals surface area (Å²) in [5.41, 5.74) is 1.69. The Kier molecular flexibility index (Phi) is 10.6. The minimum absolute atomic E-state index is 0. The van der Waals surface area contributed by atoms with Crippen LogP contribution in [0.5, 0.6) is 0 Å². The highest BCUT2D eigenvalue weighted by Crippen LogP contribution is 2.40. The molecule has 1 aliphatic heterocycles. The van der Waals surface area contributed by atoms with Gasteiger partial charge in [-0.25, -0.2) is 0 Å². The highest BCUT2D eigenvalue weighted by molar-refractivity contribution is 14.0. The zero-order valence-corrected chi connectivity index (χ0v) is 19.5. The quantitative estimate of drug-likeness (QED) is 0.235. The zero-order chi connectivity index (χ0) is 18.8. The second-order valence-electron chi connectivity index (χ2n) is 7.86. The number of nitrogens with one attached hydrogen (secondary N) is 2. The van der Waals surface area contributed by atoms with Gasteiger partial charge in [0.25, 0.3) is 0 Å². The molecule has 1 aromatic rings. The fourth-order valence-electron chi connectivity index (χ4n) is 4.23. The molecular formula is C22H36IN3O2. The molecule has 158 valence electrons. The van der Waals surface area contributed by atoms with Crippen molar-refractivity contribution in [3.8, 4) is 0 Å². The van der Waals surface area contributed by atoms with Crippen LogP contribution in [0, 0.1) is 5.92 Å². The summed E-state index contributed by atoms with van der Waals surface area (Å²) in [5.74, 6) is 1.48. The molecule has 1 aliphatic carbocycles. The lowest BCUT2D eigenvalue weighted by Crippen LogP contribution is -2.45. The first-order valence-corrected chi connectivity index (χ1v) is 10.5. The molecule has 1 atom stereocenters. The second kappa shape index (κ2) is 12.6. The molecule has 1 saturated carbocycles. The molecule has 6 heteroatoms. The molecule has 2 N–H and O–H groups in total. The van der Waals surface area contributed by atoms with Gasteiger partial charge < -0.3 is 20.1 Å². The van der Waals surface area contributed by atoms with Gasteiger partial charge in [-0.3, -0.25) is 4.99 Å². The fraction of sp³-hybridized carbons (Fsp3) is 0.682. The predicted molar refractivity (Wildman–Crippen MR) is 126 cm³/mol. The number of ether oxygens (including phenoxy) is 2. The van der Waals surface area contributed by atoms with E-state index in [0.717, 1.165) is 58.3 Å². The largest absolute Gasteiger partial charge is 0.381 e. The van der Waals surface area contributed by atoms with Crippen LogP contribution in [0.2, 0.25) is 0 Å². The van der Waals surface area contributed by atoms with E-state index in [1.165, 1.54) is 31.2 Å². The van der Waals surface area contributed by atoms with Crippen molar-refractivity contribution in [1.29, 1.82) is 0 Å². The molecule has 1 heterocycles. The molecular weight excluding hydrogens is 465 g/mol. The molecule has 0 radical (unpaired) electrons. The molecule has 0 amide bonds. The Bertz CT molecular complexity index is 570. The van der Waals surface area contributed by atoms with Gasteiger partial charge in [-0.1, -0.05) is 43.2 Å². The van der Waals surface area contributed by atoms with Crippen LogP contribution in [0.15, 0.2) is 35.3 Å². The Morgan fingerprint density at radius 1 is 1.21 bits per heavy atom. The van der Waals surface area contributed by atoms with Gasteiger partial charge >= 0.3 is 0 Å². The van der Waals surface area contributed by atoms with Gasteiger partial charge in [0.1, 0.15) is 0 Å². The summed E-state index contributed by atoms with van der Waals surface area (Å²) >= 11 is 0. The van der Waals surface area contributed by atoms with Crippen LogP contribution in [0.3, 0.4) is 0 Å². The Balaban J connectivity index is 0.00000280. The minimum atomic E-state index is 0. The molecule has 5 nitrogen and oxygen atoms in total. The van der Waals surface area contributed by atoms with Gasteiger partial charge in [0, 0.05) is 44.7 Å². The third kappa shape index (κ3) is 6.88. The molecule has 0 aromatic heterocycles. The lowest BCUT2D eigenvalue weighted by atomic mass is 9.79. The van der Waals surface area contributed by atoms with Crippen LogP contribution in [0.25, 0.3) is 0 Å². The first kappa shape index (κ1) is 23.4. The summed E-state index contributed by atoms with van der Waals surface area (Å²) in [6.07, 6.45) is 7.24. The average Bonchev–Trinajstić information content (AvgIpc) is 3.40. The standard InChI is InChI=1S/C22H35N3O2.HI/c1-23-21(24-13-7-14-26-16-19-10-15-27-17-19)25-18-22(11-5-6-12-22)20-8-3-2-4-9-20;/h2-4,8-9,19H,5-7,10-18H2,1H3,(H2,23,24,25);1H. The van der Waals surface area contributed by atoms with Crippen molar-refractivity contribution in [2.75, 3.05) is 46.6 Å². The normalized spacial score (nSPS) is 21.3. The highest BCUT2D eigenvalue weighted by Gasteiger charge is 2.35. The van der Waals surface area contributed by atoms with Crippen LogP contribution >= 0.6 is 24.0 Å². The predicted octanol–water partition coefficient (Wildman–Crippen LogP) is 3.72. The number of benzene rings is 1. The second-order valence-corrected chi connectivity index (χ2v) is 7.86. The SMILES string of the molecule is CN=C(NCCCOCC1CCOC1)NCC1(c2ccccc2)CCCC1.I. The number of aliphatic imine (C=N–C) groups is 1. The van der Waals surface area contributed by atoms with Gasteiger partial charge in [-0.15, -0.1) is 24.0 Å². The van der Waals surface area contributed by atoms with Gasteiger partial charge in [0.05, 0.1) is 13.2 Å². The van der Waals surface area contributed by atoms with E-state index in [0.29, 0.717) is 5.92 Å². The molecule has 1 unspecified atom stereocenters. The van der Waals surface area contributed by atoms with E-state index >= 15 is 0 Å². The smallest absolute Gasteiger partial charge is 0.191 e. The van der Waals surface area contributed by atoms with Crippen LogP contribution in [0.1, 0.15) is 44.1 Å². The molecule has 0 spiro atoms. The van der Waals surface area contributed by atoms with E-state index in [1.54, 1.807) is 0 Å². The van der Waals surface area contributed by atoms with Crippen molar-refractivity contribution in [1.82, 2.24) is 10.6 Å². The minimum Gasteiger partial charge on any atom is -0.381 e. The van der Waals surface area contributed by atoms with E-state index in [-0.39, 0.29) is 29.4 Å². The van der Waals surface area contributed by atoms with Crippen molar-refractivity contribution in [3.63, 3.8) is 0 Å². The Hall–Kier alpha value is -0.860. The summed E-state index contributed by atoms with van der Waals surface area (Å²) < 4.78 is 11.1. The van der Waals surface area contributed by atoms with E-state index in [9.17, 15) is 0 Å². The monoisotopic (exact) mass is 501 g/mol. The fourth-order valence-corrected chi connectivity index (χ4v) is 4.23. The molecule has 1 saturated heterocycles. The summed E-state index contributed by atoms with van der Waals surface area (Å²) in [6, 6.07) is 11.0. The van der Waals surface area contributed by atoms with Gasteiger partial charge in [-0.05, 0) is 31.2 Å². The molecule has 2 fully saturated rings. The van der Waals surface area contributed by atoms with E-state index in [2.05, 4.69) is 46.0 Å². The Labute approximate surface area is 187 Å². The third-order valence-corrected chi connectivity index (χ3v) is 5.90. The first-order chi connectivity index (χ1) is 13.3. The molecule has 3 rings (SSSR count). The molecule has 1 aromatic carbocycles.